The van der Waals surface area contributed by atoms with Crippen LogP contribution in [0.4, 0.5) is 31.9 Å². The highest BCUT2D eigenvalue weighted by molar-refractivity contribution is 8.04. The Labute approximate surface area is 270 Å². The molecule has 4 heterocycles. The molecule has 0 atom stereocenters. The first kappa shape index (κ1) is 32.3. The number of ether oxygens (including phenoxy) is 1. The number of morpholine rings is 1. The number of rotatable bonds is 12. The van der Waals surface area contributed by atoms with E-state index < -0.39 is 12.5 Å². The standard InChI is InChI=1S/C33H35F2N7OS2/c1-5-6-7-25(35)28(19-34)45-41-27-18-23(9-8-22(27)4)30-31(44-32(40-30)21(2)3)26-12-13-36-33(39-26)38-24-10-11-29(37-20-24)42-14-16-43-17-15-42/h5-13,18,20-21,41H,1,14-17,19H2,2-4H3,(H,36,38,39)/b7-6-,28-25-. The molecule has 0 spiro atoms. The van der Waals surface area contributed by atoms with Crippen LogP contribution in [0.3, 0.4) is 0 Å². The van der Waals surface area contributed by atoms with Gasteiger partial charge in [-0.15, -0.1) is 11.3 Å². The molecule has 5 rings (SSSR count). The molecule has 1 aliphatic rings. The Morgan fingerprint density at radius 3 is 2.69 bits per heavy atom. The lowest BCUT2D eigenvalue weighted by atomic mass is 10.1. The molecule has 0 aliphatic carbocycles. The zero-order valence-electron chi connectivity index (χ0n) is 25.4. The average Bonchev–Trinajstić information content (AvgIpc) is 3.52. The van der Waals surface area contributed by atoms with Crippen LogP contribution in [0.2, 0.25) is 0 Å². The average molecular weight is 648 g/mol. The van der Waals surface area contributed by atoms with Crippen LogP contribution in [0.15, 0.2) is 84.3 Å². The summed E-state index contributed by atoms with van der Waals surface area (Å²) in [5.74, 6) is 0.912. The number of allylic oxidation sites excluding steroid dienone is 5. The number of nitrogens with zero attached hydrogens (tertiary/aromatic N) is 5. The van der Waals surface area contributed by atoms with Crippen molar-refractivity contribution in [3.05, 3.63) is 94.9 Å². The summed E-state index contributed by atoms with van der Waals surface area (Å²) >= 11 is 2.49. The summed E-state index contributed by atoms with van der Waals surface area (Å²) in [6.07, 6.45) is 7.56. The van der Waals surface area contributed by atoms with Gasteiger partial charge in [0.05, 0.1) is 51.3 Å². The van der Waals surface area contributed by atoms with Crippen molar-refractivity contribution in [2.24, 2.45) is 0 Å². The minimum atomic E-state index is -0.935. The van der Waals surface area contributed by atoms with E-state index in [1.54, 1.807) is 23.7 Å². The normalized spacial score (nSPS) is 14.1. The second kappa shape index (κ2) is 15.2. The molecule has 1 aliphatic heterocycles. The van der Waals surface area contributed by atoms with Gasteiger partial charge in [0.25, 0.3) is 0 Å². The molecular weight excluding hydrogens is 613 g/mol. The quantitative estimate of drug-likeness (QED) is 0.116. The van der Waals surface area contributed by atoms with Crippen LogP contribution in [-0.2, 0) is 4.74 Å². The van der Waals surface area contributed by atoms with Crippen LogP contribution in [-0.4, -0.2) is 52.9 Å². The molecule has 0 amide bonds. The van der Waals surface area contributed by atoms with Gasteiger partial charge >= 0.3 is 0 Å². The smallest absolute Gasteiger partial charge is 0.227 e. The first-order valence-corrected chi connectivity index (χ1v) is 16.2. The first-order valence-electron chi connectivity index (χ1n) is 14.5. The number of benzene rings is 1. The Kier molecular flexibility index (Phi) is 10.9. The van der Waals surface area contributed by atoms with E-state index in [-0.39, 0.29) is 10.8 Å². The zero-order valence-corrected chi connectivity index (χ0v) is 27.0. The number of thiazole rings is 1. The summed E-state index contributed by atoms with van der Waals surface area (Å²) in [7, 11) is 0. The fourth-order valence-electron chi connectivity index (χ4n) is 4.45. The predicted molar refractivity (Wildman–Crippen MR) is 183 cm³/mol. The maximum Gasteiger partial charge on any atom is 0.227 e. The lowest BCUT2D eigenvalue weighted by Crippen LogP contribution is -2.36. The predicted octanol–water partition coefficient (Wildman–Crippen LogP) is 8.63. The van der Waals surface area contributed by atoms with Gasteiger partial charge < -0.3 is 19.7 Å². The minimum Gasteiger partial charge on any atom is -0.378 e. The van der Waals surface area contributed by atoms with E-state index in [2.05, 4.69) is 45.3 Å². The summed E-state index contributed by atoms with van der Waals surface area (Å²) in [6.45, 7) is 11.8. The molecule has 4 aromatic rings. The molecule has 0 unspecified atom stereocenters. The van der Waals surface area contributed by atoms with Crippen molar-refractivity contribution < 1.29 is 13.5 Å². The maximum absolute atomic E-state index is 14.4. The molecule has 8 nitrogen and oxygen atoms in total. The van der Waals surface area contributed by atoms with Crippen molar-refractivity contribution in [2.45, 2.75) is 26.7 Å². The number of nitrogens with one attached hydrogen (secondary N) is 2. The van der Waals surface area contributed by atoms with Gasteiger partial charge in [-0.1, -0.05) is 44.7 Å². The molecule has 0 bridgehead atoms. The Morgan fingerprint density at radius 2 is 1.98 bits per heavy atom. The fraction of sp³-hybridized carbons (Fsp3) is 0.273. The number of hydrogen-bond donors (Lipinski definition) is 2. The number of pyridine rings is 1. The van der Waals surface area contributed by atoms with Crippen molar-refractivity contribution in [3.63, 3.8) is 0 Å². The zero-order chi connectivity index (χ0) is 31.8. The monoisotopic (exact) mass is 647 g/mol. The molecule has 234 valence electrons. The second-order valence-corrected chi connectivity index (χ2v) is 12.4. The van der Waals surface area contributed by atoms with Crippen molar-refractivity contribution in [2.75, 3.05) is 47.9 Å². The first-order chi connectivity index (χ1) is 21.9. The van der Waals surface area contributed by atoms with Gasteiger partial charge in [0.1, 0.15) is 18.3 Å². The van der Waals surface area contributed by atoms with Gasteiger partial charge in [0.15, 0.2) is 0 Å². The van der Waals surface area contributed by atoms with Crippen LogP contribution >= 0.6 is 23.3 Å². The van der Waals surface area contributed by atoms with Gasteiger partial charge in [-0.25, -0.2) is 28.7 Å². The summed E-state index contributed by atoms with van der Waals surface area (Å²) in [5, 5.41) is 4.24. The van der Waals surface area contributed by atoms with E-state index in [0.717, 1.165) is 74.6 Å². The van der Waals surface area contributed by atoms with Crippen molar-refractivity contribution in [1.29, 1.82) is 0 Å². The highest BCUT2D eigenvalue weighted by Gasteiger charge is 2.20. The van der Waals surface area contributed by atoms with E-state index in [9.17, 15) is 8.78 Å². The lowest BCUT2D eigenvalue weighted by molar-refractivity contribution is 0.122. The third kappa shape index (κ3) is 8.13. The van der Waals surface area contributed by atoms with Crippen LogP contribution in [0, 0.1) is 6.92 Å². The molecule has 0 saturated carbocycles. The highest BCUT2D eigenvalue weighted by Crippen LogP contribution is 2.40. The number of hydrogen-bond acceptors (Lipinski definition) is 10. The number of aromatic nitrogens is 4. The Bertz CT molecular complexity index is 1680. The third-order valence-electron chi connectivity index (χ3n) is 6.93. The largest absolute Gasteiger partial charge is 0.378 e. The van der Waals surface area contributed by atoms with E-state index >= 15 is 0 Å². The summed E-state index contributed by atoms with van der Waals surface area (Å²) in [4.78, 5) is 21.9. The molecule has 1 aromatic carbocycles. The fourth-order valence-corrected chi connectivity index (χ4v) is 6.18. The second-order valence-electron chi connectivity index (χ2n) is 10.5. The van der Waals surface area contributed by atoms with Gasteiger partial charge in [0.2, 0.25) is 5.95 Å². The van der Waals surface area contributed by atoms with E-state index in [4.69, 9.17) is 14.7 Å². The minimum absolute atomic E-state index is 0.0544. The van der Waals surface area contributed by atoms with Crippen molar-refractivity contribution in [1.82, 2.24) is 19.9 Å². The van der Waals surface area contributed by atoms with Gasteiger partial charge in [0, 0.05) is 36.5 Å². The van der Waals surface area contributed by atoms with E-state index in [1.165, 1.54) is 18.2 Å². The SMILES string of the molecule is C=C/C=C\C(F)=C(/CF)SNc1cc(-c2nc(C(C)C)sc2-c2ccnc(Nc3ccc(N4CCOCC4)nc3)n2)ccc1C. The third-order valence-corrected chi connectivity index (χ3v) is 9.18. The molecule has 45 heavy (non-hydrogen) atoms. The topological polar surface area (TPSA) is 88.1 Å². The van der Waals surface area contributed by atoms with Crippen molar-refractivity contribution >= 4 is 46.4 Å². The van der Waals surface area contributed by atoms with Crippen LogP contribution in [0.25, 0.3) is 21.8 Å². The molecule has 12 heteroatoms. The molecule has 1 fully saturated rings. The van der Waals surface area contributed by atoms with E-state index in [0.29, 0.717) is 19.2 Å². The summed E-state index contributed by atoms with van der Waals surface area (Å²) < 4.78 is 36.6. The van der Waals surface area contributed by atoms with Gasteiger partial charge in [-0.3, -0.25) is 0 Å². The van der Waals surface area contributed by atoms with Gasteiger partial charge in [-0.2, -0.15) is 0 Å². The number of halogens is 2. The Hall–Kier alpha value is -4.13. The molecule has 0 radical (unpaired) electrons. The van der Waals surface area contributed by atoms with Crippen LogP contribution in [0.5, 0.6) is 0 Å². The van der Waals surface area contributed by atoms with Crippen molar-refractivity contribution in [3.8, 4) is 21.8 Å². The molecular formula is C33H35F2N7OS2. The van der Waals surface area contributed by atoms with Crippen LogP contribution < -0.4 is 14.9 Å². The highest BCUT2D eigenvalue weighted by atomic mass is 32.2. The number of alkyl halides is 1. The lowest BCUT2D eigenvalue weighted by Gasteiger charge is -2.27. The summed E-state index contributed by atoms with van der Waals surface area (Å²) in [5.41, 5.74) is 4.80. The summed E-state index contributed by atoms with van der Waals surface area (Å²) in [6, 6.07) is 11.7. The van der Waals surface area contributed by atoms with Crippen LogP contribution in [0.1, 0.15) is 30.3 Å². The van der Waals surface area contributed by atoms with Gasteiger partial charge in [-0.05, 0) is 54.8 Å². The Balaban J connectivity index is 1.41. The Morgan fingerprint density at radius 1 is 1.16 bits per heavy atom. The maximum atomic E-state index is 14.4. The molecule has 3 aromatic heterocycles. The molecule has 1 saturated heterocycles. The number of aryl methyl sites for hydroxylation is 1. The molecule has 2 N–H and O–H groups in total. The van der Waals surface area contributed by atoms with E-state index in [1.807, 2.05) is 43.3 Å². The number of anilines is 4.